The maximum Gasteiger partial charge on any atom is 0.269 e. The zero-order chi connectivity index (χ0) is 14.9. The van der Waals surface area contributed by atoms with E-state index in [0.717, 1.165) is 31.4 Å². The first kappa shape index (κ1) is 13.1. The van der Waals surface area contributed by atoms with Crippen LogP contribution in [0.15, 0.2) is 20.1 Å². The molecule has 0 amide bonds. The number of hydrogen-bond donors (Lipinski definition) is 1. The van der Waals surface area contributed by atoms with E-state index in [1.165, 1.54) is 0 Å². The molecule has 5 nitrogen and oxygen atoms in total. The average molecular weight is 351 g/mol. The number of halogens is 1. The Morgan fingerprint density at radius 2 is 1.67 bits per heavy atom. The number of fused-ring (bicyclic) bond motifs is 1. The lowest BCUT2D eigenvalue weighted by molar-refractivity contribution is 0.473. The van der Waals surface area contributed by atoms with Crippen molar-refractivity contribution in [3.8, 4) is 5.75 Å². The molecule has 4 rings (SSSR count). The Labute approximate surface area is 129 Å². The summed E-state index contributed by atoms with van der Waals surface area (Å²) in [5.74, 6) is -0.230. The lowest BCUT2D eigenvalue weighted by Gasteiger charge is -2.16. The van der Waals surface area contributed by atoms with Crippen LogP contribution in [0.5, 0.6) is 5.75 Å². The summed E-state index contributed by atoms with van der Waals surface area (Å²) >= 11 is 3.15. The molecule has 0 unspecified atom stereocenters. The highest BCUT2D eigenvalue weighted by Crippen LogP contribution is 2.40. The van der Waals surface area contributed by atoms with Gasteiger partial charge in [-0.2, -0.15) is 0 Å². The molecule has 2 fully saturated rings. The van der Waals surface area contributed by atoms with Crippen molar-refractivity contribution < 1.29 is 5.11 Å². The van der Waals surface area contributed by atoms with Crippen LogP contribution in [0.1, 0.15) is 43.5 Å². The molecule has 110 valence electrons. The maximum absolute atomic E-state index is 12.8. The molecular formula is C15H15BrN2O3. The SMILES string of the molecule is Cc1cc2c(c(O)c(Br)c(=O)n2C2CC2)c(=O)n1C1CC1. The van der Waals surface area contributed by atoms with Crippen molar-refractivity contribution in [1.29, 1.82) is 0 Å². The van der Waals surface area contributed by atoms with Crippen molar-refractivity contribution in [3.05, 3.63) is 36.9 Å². The molecule has 0 saturated heterocycles. The van der Waals surface area contributed by atoms with Gasteiger partial charge in [-0.05, 0) is 54.6 Å². The molecule has 2 saturated carbocycles. The van der Waals surface area contributed by atoms with E-state index in [0.29, 0.717) is 5.52 Å². The van der Waals surface area contributed by atoms with Crippen molar-refractivity contribution in [3.63, 3.8) is 0 Å². The van der Waals surface area contributed by atoms with Crippen molar-refractivity contribution in [1.82, 2.24) is 9.13 Å². The number of pyridine rings is 2. The van der Waals surface area contributed by atoms with Gasteiger partial charge in [0, 0.05) is 17.8 Å². The lowest BCUT2D eigenvalue weighted by atomic mass is 10.2. The van der Waals surface area contributed by atoms with E-state index in [9.17, 15) is 14.7 Å². The van der Waals surface area contributed by atoms with Gasteiger partial charge in [0.15, 0.2) is 0 Å². The van der Waals surface area contributed by atoms with E-state index in [4.69, 9.17) is 0 Å². The second kappa shape index (κ2) is 4.22. The van der Waals surface area contributed by atoms with Gasteiger partial charge in [0.2, 0.25) is 0 Å². The summed E-state index contributed by atoms with van der Waals surface area (Å²) < 4.78 is 3.49. The largest absolute Gasteiger partial charge is 0.506 e. The van der Waals surface area contributed by atoms with Gasteiger partial charge in [0.1, 0.15) is 15.6 Å². The summed E-state index contributed by atoms with van der Waals surface area (Å²) in [6, 6.07) is 2.25. The summed E-state index contributed by atoms with van der Waals surface area (Å²) in [5.41, 5.74) is 0.957. The molecule has 6 heteroatoms. The molecular weight excluding hydrogens is 336 g/mol. The van der Waals surface area contributed by atoms with Crippen LogP contribution < -0.4 is 11.1 Å². The fraction of sp³-hybridized carbons (Fsp3) is 0.467. The van der Waals surface area contributed by atoms with E-state index in [1.54, 1.807) is 9.13 Å². The number of hydrogen-bond acceptors (Lipinski definition) is 3. The first-order valence-corrected chi connectivity index (χ1v) is 7.99. The van der Waals surface area contributed by atoms with Crippen molar-refractivity contribution in [2.45, 2.75) is 44.7 Å². The Morgan fingerprint density at radius 1 is 1.10 bits per heavy atom. The topological polar surface area (TPSA) is 64.2 Å². The van der Waals surface area contributed by atoms with Crippen molar-refractivity contribution in [2.75, 3.05) is 0 Å². The number of aromatic nitrogens is 2. The molecule has 0 radical (unpaired) electrons. The zero-order valence-electron chi connectivity index (χ0n) is 11.6. The van der Waals surface area contributed by atoms with Gasteiger partial charge in [-0.25, -0.2) is 0 Å². The molecule has 0 spiro atoms. The van der Waals surface area contributed by atoms with Gasteiger partial charge in [0.05, 0.1) is 5.52 Å². The van der Waals surface area contributed by atoms with Gasteiger partial charge in [0.25, 0.3) is 11.1 Å². The van der Waals surface area contributed by atoms with Gasteiger partial charge in [-0.3, -0.25) is 9.59 Å². The standard InChI is InChI=1S/C15H15BrN2O3/c1-7-6-10-11(14(20)17(7)8-2-3-8)13(19)12(16)15(21)18(10)9-4-5-9/h6,8-9,19H,2-5H2,1H3. The van der Waals surface area contributed by atoms with E-state index in [-0.39, 0.29) is 38.8 Å². The van der Waals surface area contributed by atoms with Crippen LogP contribution in [0.3, 0.4) is 0 Å². The van der Waals surface area contributed by atoms with E-state index in [2.05, 4.69) is 15.9 Å². The van der Waals surface area contributed by atoms with Gasteiger partial charge >= 0.3 is 0 Å². The number of aryl methyl sites for hydroxylation is 1. The molecule has 2 aliphatic rings. The van der Waals surface area contributed by atoms with Crippen LogP contribution in [0.4, 0.5) is 0 Å². The number of nitrogens with zero attached hydrogens (tertiary/aromatic N) is 2. The molecule has 0 aromatic carbocycles. The normalized spacial score (nSPS) is 18.4. The zero-order valence-corrected chi connectivity index (χ0v) is 13.2. The van der Waals surface area contributed by atoms with E-state index < -0.39 is 0 Å². The summed E-state index contributed by atoms with van der Waals surface area (Å²) in [6.07, 6.45) is 3.88. The fourth-order valence-electron chi connectivity index (χ4n) is 3.05. The van der Waals surface area contributed by atoms with Crippen LogP contribution in [-0.2, 0) is 0 Å². The molecule has 0 aliphatic heterocycles. The number of aromatic hydroxyl groups is 1. The molecule has 0 atom stereocenters. The predicted octanol–water partition coefficient (Wildman–Crippen LogP) is 2.61. The molecule has 2 aliphatic carbocycles. The Hall–Kier alpha value is -1.56. The molecule has 2 aromatic heterocycles. The molecule has 2 aromatic rings. The van der Waals surface area contributed by atoms with Crippen molar-refractivity contribution >= 4 is 26.8 Å². The third kappa shape index (κ3) is 1.81. The average Bonchev–Trinajstić information content (AvgIpc) is 3.28. The minimum atomic E-state index is -0.259. The Bertz CT molecular complexity index is 889. The summed E-state index contributed by atoms with van der Waals surface area (Å²) in [6.45, 7) is 1.89. The Balaban J connectivity index is 2.20. The van der Waals surface area contributed by atoms with Crippen molar-refractivity contribution in [2.24, 2.45) is 0 Å². The smallest absolute Gasteiger partial charge is 0.269 e. The van der Waals surface area contributed by atoms with Crippen LogP contribution in [0.2, 0.25) is 0 Å². The molecule has 0 bridgehead atoms. The summed E-state index contributed by atoms with van der Waals surface area (Å²) in [4.78, 5) is 25.2. The first-order valence-electron chi connectivity index (χ1n) is 7.19. The fourth-order valence-corrected chi connectivity index (χ4v) is 3.44. The highest BCUT2D eigenvalue weighted by atomic mass is 79.9. The quantitative estimate of drug-likeness (QED) is 0.905. The third-order valence-electron chi connectivity index (χ3n) is 4.35. The summed E-state index contributed by atoms with van der Waals surface area (Å²) in [5, 5.41) is 10.5. The van der Waals surface area contributed by atoms with Crippen LogP contribution in [-0.4, -0.2) is 14.2 Å². The minimum Gasteiger partial charge on any atom is -0.506 e. The van der Waals surface area contributed by atoms with Gasteiger partial charge < -0.3 is 14.2 Å². The highest BCUT2D eigenvalue weighted by Gasteiger charge is 2.32. The third-order valence-corrected chi connectivity index (χ3v) is 5.06. The molecule has 21 heavy (non-hydrogen) atoms. The number of rotatable bonds is 2. The van der Waals surface area contributed by atoms with Gasteiger partial charge in [-0.1, -0.05) is 0 Å². The second-order valence-corrected chi connectivity index (χ2v) is 6.81. The Morgan fingerprint density at radius 3 is 2.24 bits per heavy atom. The van der Waals surface area contributed by atoms with E-state index >= 15 is 0 Å². The van der Waals surface area contributed by atoms with Gasteiger partial charge in [-0.15, -0.1) is 0 Å². The maximum atomic E-state index is 12.8. The van der Waals surface area contributed by atoms with Crippen LogP contribution >= 0.6 is 15.9 Å². The highest BCUT2D eigenvalue weighted by molar-refractivity contribution is 9.10. The lowest BCUT2D eigenvalue weighted by Crippen LogP contribution is -2.27. The monoisotopic (exact) mass is 350 g/mol. The molecule has 1 N–H and O–H groups in total. The van der Waals surface area contributed by atoms with E-state index in [1.807, 2.05) is 13.0 Å². The molecule has 2 heterocycles. The van der Waals surface area contributed by atoms with Crippen LogP contribution in [0, 0.1) is 6.92 Å². The first-order chi connectivity index (χ1) is 10.0. The predicted molar refractivity (Wildman–Crippen MR) is 83.1 cm³/mol. The van der Waals surface area contributed by atoms with Crippen LogP contribution in [0.25, 0.3) is 10.9 Å². The Kier molecular flexibility index (Phi) is 2.64. The minimum absolute atomic E-state index is 0.0881. The summed E-state index contributed by atoms with van der Waals surface area (Å²) in [7, 11) is 0. The second-order valence-electron chi connectivity index (χ2n) is 6.02.